The second-order valence-corrected chi connectivity index (χ2v) is 8.49. The Bertz CT molecular complexity index is 1510. The maximum Gasteiger partial charge on any atom is 0.355 e. The first-order chi connectivity index (χ1) is 17.4. The van der Waals surface area contributed by atoms with Crippen molar-refractivity contribution in [2.45, 2.75) is 0 Å². The third kappa shape index (κ3) is 4.15. The maximum absolute atomic E-state index is 13.9. The molecule has 0 aliphatic carbocycles. The molecular weight excluding hydrogens is 530 g/mol. The van der Waals surface area contributed by atoms with Crippen molar-refractivity contribution in [2.24, 2.45) is 0 Å². The molecule has 4 aromatic rings. The lowest BCUT2D eigenvalue weighted by atomic mass is 9.95. The topological polar surface area (TPSA) is 85.2 Å². The van der Waals surface area contributed by atoms with Crippen molar-refractivity contribution >= 4 is 32.7 Å². The summed E-state index contributed by atoms with van der Waals surface area (Å²) in [6.45, 7) is 0. The molecule has 0 unspecified atom stereocenters. The number of hydrogen-bond donors (Lipinski definition) is 0. The molecule has 1 aromatic heterocycles. The van der Waals surface area contributed by atoms with Gasteiger partial charge in [0.1, 0.15) is 5.69 Å². The molecule has 0 spiro atoms. The van der Waals surface area contributed by atoms with E-state index in [4.69, 9.17) is 23.7 Å². The number of rotatable bonds is 7. The molecule has 4 rings (SSSR count). The molecule has 0 saturated carbocycles. The number of fused-ring (bicyclic) bond motifs is 1. The lowest BCUT2D eigenvalue weighted by Gasteiger charge is -2.21. The van der Waals surface area contributed by atoms with Crippen LogP contribution in [0.1, 0.15) is 10.5 Å². The summed E-state index contributed by atoms with van der Waals surface area (Å²) in [4.78, 5) is 27.2. The summed E-state index contributed by atoms with van der Waals surface area (Å²) in [5.41, 5.74) is 1.17. The molecule has 3 aromatic carbocycles. The minimum absolute atomic E-state index is 0.0486. The van der Waals surface area contributed by atoms with E-state index in [-0.39, 0.29) is 5.69 Å². The van der Waals surface area contributed by atoms with Gasteiger partial charge in [-0.3, -0.25) is 9.36 Å². The van der Waals surface area contributed by atoms with Gasteiger partial charge in [0.15, 0.2) is 23.0 Å². The highest BCUT2D eigenvalue weighted by Gasteiger charge is 2.27. The minimum atomic E-state index is -0.687. The van der Waals surface area contributed by atoms with Gasteiger partial charge in [-0.05, 0) is 57.9 Å². The zero-order valence-corrected chi connectivity index (χ0v) is 22.0. The largest absolute Gasteiger partial charge is 0.493 e. The Morgan fingerprint density at radius 2 is 1.39 bits per heavy atom. The Balaban J connectivity index is 2.29. The van der Waals surface area contributed by atoms with Crippen LogP contribution in [0.2, 0.25) is 0 Å². The summed E-state index contributed by atoms with van der Waals surface area (Å²) in [6.07, 6.45) is 0. The molecule has 0 aliphatic rings. The van der Waals surface area contributed by atoms with Crippen molar-refractivity contribution in [3.05, 3.63) is 75.1 Å². The van der Waals surface area contributed by atoms with Crippen LogP contribution in [-0.4, -0.2) is 46.1 Å². The number of carbonyl (C=O) groups is 1. The molecular formula is C27H24BrNO7. The number of aromatic nitrogens is 1. The summed E-state index contributed by atoms with van der Waals surface area (Å²) >= 11 is 3.53. The van der Waals surface area contributed by atoms with Crippen LogP contribution in [0.5, 0.6) is 23.0 Å². The number of hydrogen-bond acceptors (Lipinski definition) is 7. The number of carbonyl (C=O) groups excluding carboxylic acids is 1. The molecule has 0 atom stereocenters. The quantitative estimate of drug-likeness (QED) is 0.289. The van der Waals surface area contributed by atoms with Gasteiger partial charge in [0.25, 0.3) is 5.56 Å². The number of ether oxygens (including phenoxy) is 5. The van der Waals surface area contributed by atoms with Gasteiger partial charge in [0.2, 0.25) is 0 Å². The van der Waals surface area contributed by atoms with Gasteiger partial charge < -0.3 is 23.7 Å². The number of esters is 1. The molecule has 186 valence electrons. The van der Waals surface area contributed by atoms with E-state index in [0.29, 0.717) is 55.1 Å². The van der Waals surface area contributed by atoms with E-state index in [0.717, 1.165) is 0 Å². The predicted octanol–water partition coefficient (Wildman–Crippen LogP) is 5.24. The fraction of sp³-hybridized carbons (Fsp3) is 0.185. The molecule has 0 saturated heterocycles. The summed E-state index contributed by atoms with van der Waals surface area (Å²) in [7, 11) is 7.32. The maximum atomic E-state index is 13.9. The molecule has 0 amide bonds. The second kappa shape index (κ2) is 10.3. The molecule has 8 nitrogen and oxygen atoms in total. The van der Waals surface area contributed by atoms with Crippen molar-refractivity contribution < 1.29 is 28.5 Å². The molecule has 0 fully saturated rings. The number of halogens is 1. The zero-order valence-electron chi connectivity index (χ0n) is 20.4. The number of pyridine rings is 1. The Labute approximate surface area is 216 Å². The Hall–Kier alpha value is -3.98. The molecule has 0 aliphatic heterocycles. The SMILES string of the molecule is COC(=O)c1c(-c2cc(Br)c(OC)c(OC)c2)c2cc(OC)c(OC)cc2c(=O)n1-c1ccccc1. The Morgan fingerprint density at radius 1 is 0.778 bits per heavy atom. The molecule has 1 heterocycles. The van der Waals surface area contributed by atoms with Gasteiger partial charge >= 0.3 is 5.97 Å². The fourth-order valence-electron chi connectivity index (χ4n) is 4.19. The number of methoxy groups -OCH3 is 5. The van der Waals surface area contributed by atoms with Crippen molar-refractivity contribution in [1.29, 1.82) is 0 Å². The Morgan fingerprint density at radius 3 is 1.94 bits per heavy atom. The van der Waals surface area contributed by atoms with Crippen molar-refractivity contribution in [1.82, 2.24) is 4.57 Å². The van der Waals surface area contributed by atoms with E-state index < -0.39 is 11.5 Å². The van der Waals surface area contributed by atoms with E-state index >= 15 is 0 Å². The first-order valence-corrected chi connectivity index (χ1v) is 11.6. The lowest BCUT2D eigenvalue weighted by Crippen LogP contribution is -2.27. The predicted molar refractivity (Wildman–Crippen MR) is 140 cm³/mol. The van der Waals surface area contributed by atoms with Crippen LogP contribution in [0.3, 0.4) is 0 Å². The van der Waals surface area contributed by atoms with Gasteiger partial charge in [-0.1, -0.05) is 18.2 Å². The van der Waals surface area contributed by atoms with E-state index in [1.807, 2.05) is 6.07 Å². The van der Waals surface area contributed by atoms with Crippen molar-refractivity contribution in [3.8, 4) is 39.8 Å². The monoisotopic (exact) mass is 553 g/mol. The normalized spacial score (nSPS) is 10.7. The first-order valence-electron chi connectivity index (χ1n) is 10.8. The van der Waals surface area contributed by atoms with Crippen molar-refractivity contribution in [2.75, 3.05) is 35.5 Å². The van der Waals surface area contributed by atoms with Crippen LogP contribution in [-0.2, 0) is 4.74 Å². The third-order valence-electron chi connectivity index (χ3n) is 5.80. The molecule has 0 N–H and O–H groups in total. The van der Waals surface area contributed by atoms with Crippen LogP contribution < -0.4 is 24.5 Å². The number of para-hydroxylation sites is 1. The van der Waals surface area contributed by atoms with Crippen LogP contribution >= 0.6 is 15.9 Å². The minimum Gasteiger partial charge on any atom is -0.493 e. The van der Waals surface area contributed by atoms with Gasteiger partial charge in [0.05, 0.1) is 45.4 Å². The highest BCUT2D eigenvalue weighted by atomic mass is 79.9. The molecule has 0 bridgehead atoms. The summed E-state index contributed by atoms with van der Waals surface area (Å²) in [5.74, 6) is 1.02. The lowest BCUT2D eigenvalue weighted by molar-refractivity contribution is 0.0591. The second-order valence-electron chi connectivity index (χ2n) is 7.64. The summed E-state index contributed by atoms with van der Waals surface area (Å²) < 4.78 is 29.1. The van der Waals surface area contributed by atoms with Crippen LogP contribution in [0.25, 0.3) is 27.6 Å². The number of nitrogens with zero attached hydrogens (tertiary/aromatic N) is 1. The molecule has 9 heteroatoms. The Kier molecular flexibility index (Phi) is 7.21. The van der Waals surface area contributed by atoms with Crippen LogP contribution in [0.15, 0.2) is 63.9 Å². The third-order valence-corrected chi connectivity index (χ3v) is 6.39. The van der Waals surface area contributed by atoms with Crippen LogP contribution in [0.4, 0.5) is 0 Å². The molecule has 36 heavy (non-hydrogen) atoms. The summed E-state index contributed by atoms with van der Waals surface area (Å²) in [6, 6.07) is 15.7. The average molecular weight is 554 g/mol. The van der Waals surface area contributed by atoms with Crippen LogP contribution in [0, 0.1) is 0 Å². The van der Waals surface area contributed by atoms with Gasteiger partial charge in [-0.2, -0.15) is 0 Å². The van der Waals surface area contributed by atoms with Crippen molar-refractivity contribution in [3.63, 3.8) is 0 Å². The fourth-order valence-corrected chi connectivity index (χ4v) is 4.80. The highest BCUT2D eigenvalue weighted by Crippen LogP contribution is 2.44. The smallest absolute Gasteiger partial charge is 0.355 e. The zero-order chi connectivity index (χ0) is 26.0. The van der Waals surface area contributed by atoms with Gasteiger partial charge in [-0.25, -0.2) is 4.79 Å². The van der Waals surface area contributed by atoms with Gasteiger partial charge in [-0.15, -0.1) is 0 Å². The van der Waals surface area contributed by atoms with E-state index in [9.17, 15) is 9.59 Å². The van der Waals surface area contributed by atoms with E-state index in [2.05, 4.69) is 15.9 Å². The number of benzene rings is 3. The van der Waals surface area contributed by atoms with Gasteiger partial charge in [0, 0.05) is 16.6 Å². The molecule has 0 radical (unpaired) electrons. The first kappa shape index (κ1) is 25.1. The standard InChI is InChI=1S/C27H24BrNO7/c1-32-20-13-17-18(14-21(20)33-2)26(30)29(16-9-7-6-8-10-16)24(27(31)36-5)23(17)15-11-19(28)25(35-4)22(12-15)34-3/h6-14H,1-5H3. The van der Waals surface area contributed by atoms with E-state index in [1.54, 1.807) is 48.5 Å². The summed E-state index contributed by atoms with van der Waals surface area (Å²) in [5, 5.41) is 0.800. The highest BCUT2D eigenvalue weighted by molar-refractivity contribution is 9.10. The average Bonchev–Trinajstić information content (AvgIpc) is 2.91. The van der Waals surface area contributed by atoms with E-state index in [1.165, 1.54) is 40.1 Å².